The minimum atomic E-state index is -3.56. The maximum atomic E-state index is 13.0. The number of rotatable bonds is 6. The molecule has 0 bridgehead atoms. The van der Waals surface area contributed by atoms with E-state index in [1.807, 2.05) is 60.6 Å². The molecule has 8 nitrogen and oxygen atoms in total. The lowest BCUT2D eigenvalue weighted by atomic mass is 10.2. The molecule has 182 valence electrons. The largest absolute Gasteiger partial charge is 0.310 e. The molecule has 1 amide bonds. The van der Waals surface area contributed by atoms with Crippen LogP contribution in [-0.2, 0) is 14.8 Å². The molecular formula is C26H29N5O3S. The van der Waals surface area contributed by atoms with E-state index in [1.54, 1.807) is 24.3 Å². The number of amides is 1. The Kier molecular flexibility index (Phi) is 7.08. The molecule has 1 aliphatic rings. The van der Waals surface area contributed by atoms with Crippen LogP contribution in [0.1, 0.15) is 22.4 Å². The molecule has 0 unspecified atom stereocenters. The summed E-state index contributed by atoms with van der Waals surface area (Å²) in [6.45, 7) is 7.34. The van der Waals surface area contributed by atoms with Gasteiger partial charge in [-0.15, -0.1) is 0 Å². The molecule has 1 aliphatic heterocycles. The van der Waals surface area contributed by atoms with E-state index >= 15 is 0 Å². The van der Waals surface area contributed by atoms with Crippen LogP contribution in [0.25, 0.3) is 5.69 Å². The molecule has 4 rings (SSSR count). The quantitative estimate of drug-likeness (QED) is 0.571. The molecule has 2 heterocycles. The van der Waals surface area contributed by atoms with Crippen molar-refractivity contribution in [3.05, 3.63) is 77.0 Å². The molecule has 1 saturated heterocycles. The van der Waals surface area contributed by atoms with Crippen LogP contribution in [-0.4, -0.2) is 60.8 Å². The van der Waals surface area contributed by atoms with Crippen LogP contribution in [0.4, 0.5) is 5.82 Å². The van der Waals surface area contributed by atoms with Crippen molar-refractivity contribution in [1.29, 1.82) is 5.26 Å². The van der Waals surface area contributed by atoms with Crippen molar-refractivity contribution in [2.45, 2.75) is 25.7 Å². The monoisotopic (exact) mass is 491 g/mol. The van der Waals surface area contributed by atoms with Crippen molar-refractivity contribution in [2.75, 3.05) is 38.0 Å². The number of carbonyl (C=O) groups is 1. The molecule has 1 N–H and O–H groups in total. The summed E-state index contributed by atoms with van der Waals surface area (Å²) in [7, 11) is -3.56. The highest BCUT2D eigenvalue weighted by Crippen LogP contribution is 2.30. The summed E-state index contributed by atoms with van der Waals surface area (Å²) >= 11 is 0. The molecule has 9 heteroatoms. The molecule has 0 spiro atoms. The predicted octanol–water partition coefficient (Wildman–Crippen LogP) is 3.22. The second kappa shape index (κ2) is 10.0. The van der Waals surface area contributed by atoms with Gasteiger partial charge in [-0.05, 0) is 50.6 Å². The first-order valence-electron chi connectivity index (χ1n) is 11.5. The van der Waals surface area contributed by atoms with Crippen LogP contribution < -0.4 is 5.32 Å². The van der Waals surface area contributed by atoms with Crippen molar-refractivity contribution < 1.29 is 13.2 Å². The van der Waals surface area contributed by atoms with Crippen LogP contribution >= 0.6 is 0 Å². The molecule has 1 fully saturated rings. The highest BCUT2D eigenvalue weighted by atomic mass is 32.2. The van der Waals surface area contributed by atoms with Crippen molar-refractivity contribution in [3.8, 4) is 11.8 Å². The molecule has 0 atom stereocenters. The molecule has 2 aromatic carbocycles. The van der Waals surface area contributed by atoms with Crippen molar-refractivity contribution in [1.82, 2.24) is 13.8 Å². The summed E-state index contributed by atoms with van der Waals surface area (Å²) in [4.78, 5) is 15.2. The summed E-state index contributed by atoms with van der Waals surface area (Å²) in [6.07, 6.45) is 0. The first-order valence-corrected chi connectivity index (χ1v) is 12.9. The SMILES string of the molecule is Cc1ccc(S(=O)(=O)N2CCN(CC(=O)Nc3c(C#N)c(C)c(C)n3-c3ccccc3)CC2)cc1. The van der Waals surface area contributed by atoms with Crippen LogP contribution in [0.15, 0.2) is 59.5 Å². The van der Waals surface area contributed by atoms with Crippen molar-refractivity contribution in [3.63, 3.8) is 0 Å². The highest BCUT2D eigenvalue weighted by Gasteiger charge is 2.29. The number of piperazine rings is 1. The van der Waals surface area contributed by atoms with E-state index in [1.165, 1.54) is 4.31 Å². The lowest BCUT2D eigenvalue weighted by Gasteiger charge is -2.33. The molecule has 1 aromatic heterocycles. The third-order valence-corrected chi connectivity index (χ3v) is 8.37. The van der Waals surface area contributed by atoms with Gasteiger partial charge in [0, 0.05) is 37.6 Å². The van der Waals surface area contributed by atoms with Gasteiger partial charge in [0.15, 0.2) is 0 Å². The van der Waals surface area contributed by atoms with Crippen LogP contribution in [0.5, 0.6) is 0 Å². The number of para-hydroxylation sites is 1. The van der Waals surface area contributed by atoms with E-state index in [9.17, 15) is 18.5 Å². The number of nitriles is 1. The van der Waals surface area contributed by atoms with Gasteiger partial charge >= 0.3 is 0 Å². The summed E-state index contributed by atoms with van der Waals surface area (Å²) in [5.74, 6) is 0.213. The maximum absolute atomic E-state index is 13.0. The fraction of sp³-hybridized carbons (Fsp3) is 0.308. The second-order valence-electron chi connectivity index (χ2n) is 8.76. The lowest BCUT2D eigenvalue weighted by Crippen LogP contribution is -2.50. The average molecular weight is 492 g/mol. The number of nitrogens with one attached hydrogen (secondary N) is 1. The summed E-state index contributed by atoms with van der Waals surface area (Å²) in [6, 6.07) is 18.6. The second-order valence-corrected chi connectivity index (χ2v) is 10.7. The van der Waals surface area contributed by atoms with Crippen molar-refractivity contribution in [2.24, 2.45) is 0 Å². The van der Waals surface area contributed by atoms with E-state index in [0.717, 1.165) is 22.5 Å². The number of anilines is 1. The zero-order valence-corrected chi connectivity index (χ0v) is 21.0. The minimum absolute atomic E-state index is 0.112. The van der Waals surface area contributed by atoms with Crippen molar-refractivity contribution >= 4 is 21.7 Å². The van der Waals surface area contributed by atoms with E-state index in [2.05, 4.69) is 11.4 Å². The summed E-state index contributed by atoms with van der Waals surface area (Å²) in [5.41, 5.74) is 4.01. The smallest absolute Gasteiger partial charge is 0.243 e. The highest BCUT2D eigenvalue weighted by molar-refractivity contribution is 7.89. The number of carbonyl (C=O) groups excluding carboxylic acids is 1. The number of hydrogen-bond donors (Lipinski definition) is 1. The Morgan fingerprint density at radius 1 is 0.971 bits per heavy atom. The number of nitrogens with zero attached hydrogens (tertiary/aromatic N) is 4. The van der Waals surface area contributed by atoms with Gasteiger partial charge in [0.05, 0.1) is 17.0 Å². The number of aromatic nitrogens is 1. The normalized spacial score (nSPS) is 15.0. The van der Waals surface area contributed by atoms with Gasteiger partial charge in [-0.1, -0.05) is 35.9 Å². The zero-order valence-electron chi connectivity index (χ0n) is 20.2. The van der Waals surface area contributed by atoms with Gasteiger partial charge in [0.25, 0.3) is 0 Å². The Labute approximate surface area is 206 Å². The molecule has 0 saturated carbocycles. The topological polar surface area (TPSA) is 98.4 Å². The van der Waals surface area contributed by atoms with E-state index in [4.69, 9.17) is 0 Å². The first-order chi connectivity index (χ1) is 16.7. The predicted molar refractivity (Wildman–Crippen MR) is 135 cm³/mol. The molecule has 3 aromatic rings. The zero-order chi connectivity index (χ0) is 25.2. The van der Waals surface area contributed by atoms with Crippen LogP contribution in [0, 0.1) is 32.1 Å². The standard InChI is InChI=1S/C26H29N5O3S/c1-19-9-11-23(12-10-19)35(33,34)30-15-13-29(14-16-30)18-25(32)28-26-24(17-27)20(2)21(3)31(26)22-7-5-4-6-8-22/h4-12H,13-16,18H2,1-3H3,(H,28,32). The molecule has 0 radical (unpaired) electrons. The Bertz CT molecular complexity index is 1370. The van der Waals surface area contributed by atoms with Gasteiger partial charge in [0.1, 0.15) is 11.9 Å². The average Bonchev–Trinajstić information content (AvgIpc) is 3.08. The third-order valence-electron chi connectivity index (χ3n) is 6.45. The minimum Gasteiger partial charge on any atom is -0.310 e. The van der Waals surface area contributed by atoms with Crippen LogP contribution in [0.3, 0.4) is 0 Å². The first kappa shape index (κ1) is 24.7. The fourth-order valence-electron chi connectivity index (χ4n) is 4.32. The van der Waals surface area contributed by atoms with Gasteiger partial charge in [-0.2, -0.15) is 9.57 Å². The molecule has 35 heavy (non-hydrogen) atoms. The third kappa shape index (κ3) is 5.00. The van der Waals surface area contributed by atoms with Gasteiger partial charge in [-0.25, -0.2) is 8.42 Å². The van der Waals surface area contributed by atoms with E-state index in [0.29, 0.717) is 37.6 Å². The Hall–Kier alpha value is -3.45. The summed E-state index contributed by atoms with van der Waals surface area (Å²) in [5, 5.41) is 12.7. The Morgan fingerprint density at radius 2 is 1.60 bits per heavy atom. The Morgan fingerprint density at radius 3 is 2.20 bits per heavy atom. The molecule has 0 aliphatic carbocycles. The number of benzene rings is 2. The van der Waals surface area contributed by atoms with Gasteiger partial charge in [-0.3, -0.25) is 14.3 Å². The van der Waals surface area contributed by atoms with Crippen LogP contribution in [0.2, 0.25) is 0 Å². The Balaban J connectivity index is 1.44. The lowest BCUT2D eigenvalue weighted by molar-refractivity contribution is -0.117. The van der Waals surface area contributed by atoms with Gasteiger partial charge in [0.2, 0.25) is 15.9 Å². The maximum Gasteiger partial charge on any atom is 0.243 e. The molecular weight excluding hydrogens is 462 g/mol. The van der Waals surface area contributed by atoms with Gasteiger partial charge < -0.3 is 5.32 Å². The summed E-state index contributed by atoms with van der Waals surface area (Å²) < 4.78 is 29.2. The van der Waals surface area contributed by atoms with E-state index in [-0.39, 0.29) is 17.3 Å². The number of sulfonamides is 1. The number of hydrogen-bond acceptors (Lipinski definition) is 5. The van der Waals surface area contributed by atoms with E-state index < -0.39 is 10.0 Å². The number of aryl methyl sites for hydroxylation is 1. The fourth-order valence-corrected chi connectivity index (χ4v) is 5.74.